The van der Waals surface area contributed by atoms with E-state index in [4.69, 9.17) is 0 Å². The highest BCUT2D eigenvalue weighted by molar-refractivity contribution is 5.70. The highest BCUT2D eigenvalue weighted by atomic mass is 15.1. The molecule has 0 N–H and O–H groups in total. The van der Waals surface area contributed by atoms with E-state index < -0.39 is 0 Å². The molecule has 5 nitrogen and oxygen atoms in total. The van der Waals surface area contributed by atoms with E-state index >= 15 is 0 Å². The zero-order valence-corrected chi connectivity index (χ0v) is 9.41. The number of fused-ring (bicyclic) bond motifs is 1. The van der Waals surface area contributed by atoms with Crippen LogP contribution in [-0.2, 0) is 6.54 Å². The fourth-order valence-electron chi connectivity index (χ4n) is 1.79. The predicted octanol–water partition coefficient (Wildman–Crippen LogP) is 1.58. The number of imidazole rings is 1. The van der Waals surface area contributed by atoms with E-state index in [1.807, 2.05) is 23.6 Å². The van der Waals surface area contributed by atoms with E-state index in [-0.39, 0.29) is 0 Å². The maximum Gasteiger partial charge on any atom is 0.177 e. The molecule has 5 heteroatoms. The molecule has 17 heavy (non-hydrogen) atoms. The summed E-state index contributed by atoms with van der Waals surface area (Å²) in [5, 5.41) is 0. The Morgan fingerprint density at radius 3 is 3.06 bits per heavy atom. The van der Waals surface area contributed by atoms with Crippen molar-refractivity contribution in [1.29, 1.82) is 0 Å². The Kier molecular flexibility index (Phi) is 2.29. The highest BCUT2D eigenvalue weighted by Crippen LogP contribution is 2.10. The first kappa shape index (κ1) is 9.89. The molecule has 0 fully saturated rings. The number of rotatable bonds is 2. The molecular weight excluding hydrogens is 214 g/mol. The van der Waals surface area contributed by atoms with Crippen molar-refractivity contribution < 1.29 is 0 Å². The molecular formula is C12H11N5. The van der Waals surface area contributed by atoms with Crippen LogP contribution < -0.4 is 0 Å². The molecule has 0 aliphatic carbocycles. The number of aromatic nitrogens is 5. The summed E-state index contributed by atoms with van der Waals surface area (Å²) in [5.41, 5.74) is 3.61. The summed E-state index contributed by atoms with van der Waals surface area (Å²) >= 11 is 0. The SMILES string of the molecule is Cc1cncc(Cn2cnc3ncccc32)n1. The molecule has 3 heterocycles. The third-order valence-corrected chi connectivity index (χ3v) is 2.53. The Hall–Kier alpha value is -2.30. The van der Waals surface area contributed by atoms with Crippen molar-refractivity contribution in [3.8, 4) is 0 Å². The number of hydrogen-bond acceptors (Lipinski definition) is 4. The number of pyridine rings is 1. The van der Waals surface area contributed by atoms with Gasteiger partial charge < -0.3 is 4.57 Å². The monoisotopic (exact) mass is 225 g/mol. The minimum atomic E-state index is 0.664. The van der Waals surface area contributed by atoms with E-state index in [2.05, 4.69) is 19.9 Å². The van der Waals surface area contributed by atoms with Crippen molar-refractivity contribution >= 4 is 11.2 Å². The average Bonchev–Trinajstić information content (AvgIpc) is 2.73. The van der Waals surface area contributed by atoms with Crippen LogP contribution in [0.3, 0.4) is 0 Å². The zero-order chi connectivity index (χ0) is 11.7. The molecule has 0 unspecified atom stereocenters. The summed E-state index contributed by atoms with van der Waals surface area (Å²) in [7, 11) is 0. The molecule has 3 aromatic heterocycles. The fourth-order valence-corrected chi connectivity index (χ4v) is 1.79. The van der Waals surface area contributed by atoms with Gasteiger partial charge in [0.1, 0.15) is 0 Å². The van der Waals surface area contributed by atoms with Gasteiger partial charge in [0, 0.05) is 12.4 Å². The Bertz CT molecular complexity index is 659. The molecule has 0 spiro atoms. The lowest BCUT2D eigenvalue weighted by molar-refractivity contribution is 0.784. The van der Waals surface area contributed by atoms with Gasteiger partial charge >= 0.3 is 0 Å². The van der Waals surface area contributed by atoms with Crippen molar-refractivity contribution in [2.75, 3.05) is 0 Å². The largest absolute Gasteiger partial charge is 0.323 e. The van der Waals surface area contributed by atoms with Crippen LogP contribution in [0.1, 0.15) is 11.4 Å². The van der Waals surface area contributed by atoms with Gasteiger partial charge in [-0.25, -0.2) is 9.97 Å². The van der Waals surface area contributed by atoms with Crippen LogP contribution >= 0.6 is 0 Å². The molecule has 0 aromatic carbocycles. The van der Waals surface area contributed by atoms with E-state index in [1.165, 1.54) is 0 Å². The van der Waals surface area contributed by atoms with E-state index in [9.17, 15) is 0 Å². The minimum absolute atomic E-state index is 0.664. The Labute approximate surface area is 98.2 Å². The molecule has 0 amide bonds. The maximum absolute atomic E-state index is 4.42. The second-order valence-electron chi connectivity index (χ2n) is 3.87. The topological polar surface area (TPSA) is 56.5 Å². The first-order chi connectivity index (χ1) is 8.33. The minimum Gasteiger partial charge on any atom is -0.323 e. The summed E-state index contributed by atoms with van der Waals surface area (Å²) in [4.78, 5) is 17.0. The van der Waals surface area contributed by atoms with Gasteiger partial charge in [-0.15, -0.1) is 0 Å². The molecule has 0 aliphatic rings. The molecule has 0 radical (unpaired) electrons. The third-order valence-electron chi connectivity index (χ3n) is 2.53. The Balaban J connectivity index is 2.00. The second-order valence-corrected chi connectivity index (χ2v) is 3.87. The van der Waals surface area contributed by atoms with Gasteiger partial charge in [-0.05, 0) is 19.1 Å². The molecule has 0 aliphatic heterocycles. The third kappa shape index (κ3) is 1.87. The van der Waals surface area contributed by atoms with E-state index in [0.29, 0.717) is 6.54 Å². The van der Waals surface area contributed by atoms with Crippen LogP contribution in [0.15, 0.2) is 37.1 Å². The van der Waals surface area contributed by atoms with E-state index in [1.54, 1.807) is 24.9 Å². The zero-order valence-electron chi connectivity index (χ0n) is 9.41. The summed E-state index contributed by atoms with van der Waals surface area (Å²) in [5.74, 6) is 0. The molecule has 84 valence electrons. The van der Waals surface area contributed by atoms with Gasteiger partial charge in [0.2, 0.25) is 0 Å². The van der Waals surface area contributed by atoms with Gasteiger partial charge in [0.15, 0.2) is 5.65 Å². The molecule has 3 aromatic rings. The second kappa shape index (κ2) is 3.93. The normalized spacial score (nSPS) is 10.9. The van der Waals surface area contributed by atoms with Crippen molar-refractivity contribution in [2.24, 2.45) is 0 Å². The van der Waals surface area contributed by atoms with Gasteiger partial charge in [-0.2, -0.15) is 0 Å². The summed E-state index contributed by atoms with van der Waals surface area (Å²) in [6.45, 7) is 2.60. The molecule has 0 saturated carbocycles. The first-order valence-corrected chi connectivity index (χ1v) is 5.36. The van der Waals surface area contributed by atoms with Gasteiger partial charge in [0.05, 0.1) is 36.0 Å². The van der Waals surface area contributed by atoms with Crippen LogP contribution in [0, 0.1) is 6.92 Å². The molecule has 0 atom stereocenters. The Morgan fingerprint density at radius 1 is 1.24 bits per heavy atom. The quantitative estimate of drug-likeness (QED) is 0.664. The summed E-state index contributed by atoms with van der Waals surface area (Å²) in [6, 6.07) is 3.90. The van der Waals surface area contributed by atoms with Crippen molar-refractivity contribution in [2.45, 2.75) is 13.5 Å². The number of hydrogen-bond donors (Lipinski definition) is 0. The lowest BCUT2D eigenvalue weighted by Gasteiger charge is -2.03. The Morgan fingerprint density at radius 2 is 2.18 bits per heavy atom. The van der Waals surface area contributed by atoms with Crippen LogP contribution in [0.25, 0.3) is 11.2 Å². The first-order valence-electron chi connectivity index (χ1n) is 5.36. The molecule has 0 bridgehead atoms. The van der Waals surface area contributed by atoms with Crippen LogP contribution in [0.2, 0.25) is 0 Å². The van der Waals surface area contributed by atoms with Crippen molar-refractivity contribution in [1.82, 2.24) is 24.5 Å². The fraction of sp³-hybridized carbons (Fsp3) is 0.167. The standard InChI is InChI=1S/C12H11N5/c1-9-5-13-6-10(16-9)7-17-8-15-12-11(17)3-2-4-14-12/h2-6,8H,7H2,1H3. The summed E-state index contributed by atoms with van der Waals surface area (Å²) < 4.78 is 2.02. The molecule has 0 saturated heterocycles. The van der Waals surface area contributed by atoms with Crippen LogP contribution in [0.4, 0.5) is 0 Å². The lowest BCUT2D eigenvalue weighted by Crippen LogP contribution is -2.02. The van der Waals surface area contributed by atoms with E-state index in [0.717, 1.165) is 22.6 Å². The highest BCUT2D eigenvalue weighted by Gasteiger charge is 2.04. The van der Waals surface area contributed by atoms with Crippen LogP contribution in [-0.4, -0.2) is 24.5 Å². The van der Waals surface area contributed by atoms with Gasteiger partial charge in [-0.3, -0.25) is 9.97 Å². The van der Waals surface area contributed by atoms with Crippen LogP contribution in [0.5, 0.6) is 0 Å². The molecule has 3 rings (SSSR count). The predicted molar refractivity (Wildman–Crippen MR) is 63.4 cm³/mol. The smallest absolute Gasteiger partial charge is 0.177 e. The lowest BCUT2D eigenvalue weighted by atomic mass is 10.4. The number of nitrogens with zero attached hydrogens (tertiary/aromatic N) is 5. The van der Waals surface area contributed by atoms with Crippen molar-refractivity contribution in [3.05, 3.63) is 48.4 Å². The number of aryl methyl sites for hydroxylation is 1. The van der Waals surface area contributed by atoms with Crippen molar-refractivity contribution in [3.63, 3.8) is 0 Å². The summed E-state index contributed by atoms with van der Waals surface area (Å²) in [6.07, 6.45) is 7.04. The maximum atomic E-state index is 4.42. The van der Waals surface area contributed by atoms with Gasteiger partial charge in [0.25, 0.3) is 0 Å². The average molecular weight is 225 g/mol. The van der Waals surface area contributed by atoms with Gasteiger partial charge in [-0.1, -0.05) is 0 Å².